The second-order valence-electron chi connectivity index (χ2n) is 4.92. The summed E-state index contributed by atoms with van der Waals surface area (Å²) in [6.07, 6.45) is 3.81. The van der Waals surface area contributed by atoms with Crippen molar-refractivity contribution in [2.24, 2.45) is 4.99 Å². The number of aromatic nitrogens is 1. The van der Waals surface area contributed by atoms with Crippen LogP contribution in [0.4, 0.5) is 4.39 Å². The summed E-state index contributed by atoms with van der Waals surface area (Å²) in [4.78, 5) is 9.86. The van der Waals surface area contributed by atoms with Crippen LogP contribution in [0, 0.1) is 5.82 Å². The van der Waals surface area contributed by atoms with Gasteiger partial charge in [-0.25, -0.2) is 9.37 Å². The van der Waals surface area contributed by atoms with E-state index in [-0.39, 0.29) is 29.0 Å². The van der Waals surface area contributed by atoms with E-state index in [1.165, 1.54) is 10.9 Å². The Kier molecular flexibility index (Phi) is 9.53. The first-order valence-corrected chi connectivity index (χ1v) is 8.63. The van der Waals surface area contributed by atoms with Crippen LogP contribution in [0.3, 0.4) is 0 Å². The van der Waals surface area contributed by atoms with Crippen molar-refractivity contribution in [3.63, 3.8) is 0 Å². The zero-order valence-electron chi connectivity index (χ0n) is 13.6. The second kappa shape index (κ2) is 10.8. The maximum absolute atomic E-state index is 13.1. The predicted octanol–water partition coefficient (Wildman–Crippen LogP) is 4.02. The first-order valence-electron chi connectivity index (χ1n) is 7.44. The first kappa shape index (κ1) is 21.1. The summed E-state index contributed by atoms with van der Waals surface area (Å²) < 4.78 is 13.1. The number of aryl methyl sites for hydroxylation is 1. The van der Waals surface area contributed by atoms with Crippen LogP contribution in [0.25, 0.3) is 0 Å². The van der Waals surface area contributed by atoms with Crippen molar-refractivity contribution < 1.29 is 4.39 Å². The van der Waals surface area contributed by atoms with Gasteiger partial charge in [0.1, 0.15) is 5.82 Å². The summed E-state index contributed by atoms with van der Waals surface area (Å²) in [5.41, 5.74) is 0.895. The molecule has 0 saturated carbocycles. The summed E-state index contributed by atoms with van der Waals surface area (Å²) in [6, 6.07) is 4.67. The van der Waals surface area contributed by atoms with Crippen LogP contribution in [0.15, 0.2) is 29.4 Å². The molecule has 0 radical (unpaired) electrons. The number of thiazole rings is 1. The molecule has 1 aromatic heterocycles. The highest BCUT2D eigenvalue weighted by Crippen LogP contribution is 2.16. The first-order chi connectivity index (χ1) is 11.1. The number of halogens is 3. The number of aliphatic imine (C=N–C) groups is 1. The predicted molar refractivity (Wildman–Crippen MR) is 110 cm³/mol. The van der Waals surface area contributed by atoms with Crippen LogP contribution < -0.4 is 10.6 Å². The minimum absolute atomic E-state index is 0. The zero-order valence-corrected chi connectivity index (χ0v) is 17.5. The van der Waals surface area contributed by atoms with Gasteiger partial charge in [-0.15, -0.1) is 35.3 Å². The van der Waals surface area contributed by atoms with Crippen LogP contribution in [-0.2, 0) is 19.4 Å². The summed E-state index contributed by atoms with van der Waals surface area (Å²) in [6.45, 7) is 3.40. The monoisotopic (exact) mass is 482 g/mol. The lowest BCUT2D eigenvalue weighted by Gasteiger charge is -2.11. The normalized spacial score (nSPS) is 11.1. The molecule has 1 aromatic carbocycles. The largest absolute Gasteiger partial charge is 0.356 e. The molecule has 0 aliphatic carbocycles. The number of hydrogen-bond donors (Lipinski definition) is 2. The molecular formula is C16H21ClFIN4S. The summed E-state index contributed by atoms with van der Waals surface area (Å²) in [7, 11) is 1.71. The topological polar surface area (TPSA) is 49.3 Å². The van der Waals surface area contributed by atoms with Crippen molar-refractivity contribution in [1.29, 1.82) is 0 Å². The average molecular weight is 483 g/mol. The van der Waals surface area contributed by atoms with Gasteiger partial charge in [-0.05, 0) is 24.1 Å². The Labute approximate surface area is 168 Å². The molecule has 8 heteroatoms. The SMILES string of the molecule is CCc1cnc(CCNC(=NC)NCc2ccc(F)c(Cl)c2)s1.I. The summed E-state index contributed by atoms with van der Waals surface area (Å²) in [5.74, 6) is 0.283. The Morgan fingerprint density at radius 3 is 2.79 bits per heavy atom. The molecule has 2 N–H and O–H groups in total. The van der Waals surface area contributed by atoms with Gasteiger partial charge in [0.05, 0.1) is 10.0 Å². The molecule has 0 amide bonds. The van der Waals surface area contributed by atoms with E-state index in [0.29, 0.717) is 12.5 Å². The van der Waals surface area contributed by atoms with Crippen molar-refractivity contribution in [3.8, 4) is 0 Å². The van der Waals surface area contributed by atoms with E-state index < -0.39 is 5.82 Å². The van der Waals surface area contributed by atoms with Crippen molar-refractivity contribution in [1.82, 2.24) is 15.6 Å². The Morgan fingerprint density at radius 2 is 2.17 bits per heavy atom. The van der Waals surface area contributed by atoms with Gasteiger partial charge in [0.2, 0.25) is 0 Å². The molecule has 0 aliphatic rings. The van der Waals surface area contributed by atoms with Crippen LogP contribution in [0.1, 0.15) is 22.4 Å². The van der Waals surface area contributed by atoms with Gasteiger partial charge >= 0.3 is 0 Å². The molecular weight excluding hydrogens is 462 g/mol. The Hall–Kier alpha value is -0.930. The van der Waals surface area contributed by atoms with Crippen molar-refractivity contribution in [2.75, 3.05) is 13.6 Å². The Bertz CT molecular complexity index is 678. The van der Waals surface area contributed by atoms with Gasteiger partial charge in [0, 0.05) is 37.6 Å². The lowest BCUT2D eigenvalue weighted by molar-refractivity contribution is 0.627. The van der Waals surface area contributed by atoms with E-state index in [2.05, 4.69) is 27.5 Å². The Morgan fingerprint density at radius 1 is 1.38 bits per heavy atom. The molecule has 0 fully saturated rings. The van der Waals surface area contributed by atoms with Crippen LogP contribution in [-0.4, -0.2) is 24.5 Å². The third-order valence-corrected chi connectivity index (χ3v) is 4.74. The second-order valence-corrected chi connectivity index (χ2v) is 6.53. The van der Waals surface area contributed by atoms with E-state index >= 15 is 0 Å². The van der Waals surface area contributed by atoms with Gasteiger partial charge < -0.3 is 10.6 Å². The molecule has 4 nitrogen and oxygen atoms in total. The molecule has 0 bridgehead atoms. The lowest BCUT2D eigenvalue weighted by Crippen LogP contribution is -2.37. The molecule has 0 saturated heterocycles. The minimum atomic E-state index is -0.409. The van der Waals surface area contributed by atoms with E-state index in [1.807, 2.05) is 6.20 Å². The van der Waals surface area contributed by atoms with E-state index in [1.54, 1.807) is 30.5 Å². The van der Waals surface area contributed by atoms with Crippen molar-refractivity contribution in [2.45, 2.75) is 26.3 Å². The maximum atomic E-state index is 13.1. The number of hydrogen-bond acceptors (Lipinski definition) is 3. The highest BCUT2D eigenvalue weighted by atomic mass is 127. The highest BCUT2D eigenvalue weighted by Gasteiger charge is 2.04. The molecule has 0 unspecified atom stereocenters. The molecule has 0 aliphatic heterocycles. The van der Waals surface area contributed by atoms with E-state index in [9.17, 15) is 4.39 Å². The number of benzene rings is 1. The quantitative estimate of drug-likeness (QED) is 0.371. The van der Waals surface area contributed by atoms with Crippen molar-refractivity contribution >= 4 is 52.9 Å². The third-order valence-electron chi connectivity index (χ3n) is 3.25. The third kappa shape index (κ3) is 6.52. The number of rotatable bonds is 6. The molecule has 1 heterocycles. The molecule has 24 heavy (non-hydrogen) atoms. The maximum Gasteiger partial charge on any atom is 0.191 e. The van der Waals surface area contributed by atoms with E-state index in [0.717, 1.165) is 30.0 Å². The Balaban J connectivity index is 0.00000288. The van der Waals surface area contributed by atoms with Gasteiger partial charge in [0.15, 0.2) is 5.96 Å². The van der Waals surface area contributed by atoms with Gasteiger partial charge in [-0.2, -0.15) is 0 Å². The van der Waals surface area contributed by atoms with Gasteiger partial charge in [-0.3, -0.25) is 4.99 Å². The fourth-order valence-electron chi connectivity index (χ4n) is 1.97. The number of nitrogens with one attached hydrogen (secondary N) is 2. The van der Waals surface area contributed by atoms with Gasteiger partial charge in [0.25, 0.3) is 0 Å². The molecule has 132 valence electrons. The lowest BCUT2D eigenvalue weighted by atomic mass is 10.2. The van der Waals surface area contributed by atoms with Crippen LogP contribution in [0.2, 0.25) is 5.02 Å². The number of nitrogens with zero attached hydrogens (tertiary/aromatic N) is 2. The molecule has 0 spiro atoms. The fraction of sp³-hybridized carbons (Fsp3) is 0.375. The highest BCUT2D eigenvalue weighted by molar-refractivity contribution is 14.0. The summed E-state index contributed by atoms with van der Waals surface area (Å²) in [5, 5.41) is 7.66. The zero-order chi connectivity index (χ0) is 16.7. The van der Waals surface area contributed by atoms with Crippen LogP contribution in [0.5, 0.6) is 0 Å². The molecule has 2 rings (SSSR count). The average Bonchev–Trinajstić information content (AvgIpc) is 3.02. The number of guanidine groups is 1. The molecule has 2 aromatic rings. The smallest absolute Gasteiger partial charge is 0.191 e. The molecule has 0 atom stereocenters. The fourth-order valence-corrected chi connectivity index (χ4v) is 3.04. The van der Waals surface area contributed by atoms with Crippen molar-refractivity contribution in [3.05, 3.63) is 50.7 Å². The van der Waals surface area contributed by atoms with E-state index in [4.69, 9.17) is 11.6 Å². The standard InChI is InChI=1S/C16H20ClFN4S.HI/c1-3-12-10-21-15(23-12)6-7-20-16(19-2)22-9-11-4-5-14(18)13(17)8-11;/h4-5,8,10H,3,6-7,9H2,1-2H3,(H2,19,20,22);1H. The van der Waals surface area contributed by atoms with Crippen LogP contribution >= 0.6 is 46.9 Å². The minimum Gasteiger partial charge on any atom is -0.356 e. The summed E-state index contributed by atoms with van der Waals surface area (Å²) >= 11 is 7.52. The van der Waals surface area contributed by atoms with Gasteiger partial charge in [-0.1, -0.05) is 24.6 Å².